The van der Waals surface area contributed by atoms with Gasteiger partial charge in [0.2, 0.25) is 0 Å². The summed E-state index contributed by atoms with van der Waals surface area (Å²) in [5.41, 5.74) is -0.409. The summed E-state index contributed by atoms with van der Waals surface area (Å²) in [6.07, 6.45) is 1.27. The molecule has 6 rings (SSSR count). The molecular formula is C28H21Cl4N3O7. The number of methoxy groups -OCH3 is 2. The van der Waals surface area contributed by atoms with Gasteiger partial charge in [0.1, 0.15) is 37.1 Å². The van der Waals surface area contributed by atoms with Gasteiger partial charge in [0.15, 0.2) is 11.6 Å². The number of para-hydroxylation sites is 1. The molecule has 1 fully saturated rings. The maximum Gasteiger partial charge on any atom is 0.352 e. The number of hydrogen-bond acceptors (Lipinski definition) is 7. The average molecular weight is 653 g/mol. The Labute approximate surface area is 257 Å². The first-order valence-electron chi connectivity index (χ1n) is 12.6. The number of halogens is 4. The number of aromatic hydroxyl groups is 1. The molecule has 1 saturated carbocycles. The van der Waals surface area contributed by atoms with Crippen molar-refractivity contribution in [2.24, 2.45) is 0 Å². The lowest BCUT2D eigenvalue weighted by Gasteiger charge is -2.54. The molecule has 2 aliphatic carbocycles. The molecule has 0 spiro atoms. The van der Waals surface area contributed by atoms with Crippen LogP contribution in [0.2, 0.25) is 0 Å². The first kappa shape index (κ1) is 28.7. The number of Topliss-reactive ketones (excluding diaryl/α,β-unsaturated/α-hetero) is 2. The van der Waals surface area contributed by atoms with Crippen LogP contribution in [0.15, 0.2) is 73.8 Å². The maximum atomic E-state index is 14.0. The molecular weight excluding hydrogens is 632 g/mol. The first-order valence-corrected chi connectivity index (χ1v) is 14.1. The third-order valence-electron chi connectivity index (χ3n) is 8.14. The fourth-order valence-corrected chi connectivity index (χ4v) is 7.80. The van der Waals surface area contributed by atoms with Crippen molar-refractivity contribution in [1.29, 1.82) is 0 Å². The highest BCUT2D eigenvalue weighted by atomic mass is 35.5. The van der Waals surface area contributed by atoms with Gasteiger partial charge >= 0.3 is 11.4 Å². The SMILES string of the molecule is COc1cc(O)cc(OC)c1C1C2=CCn3c(=O)n(-c4ccccc4)c(=O)n3C2CC2(Cl)C(=O)C(Cl)=C(Cl)C(=O)C12Cl. The molecule has 0 radical (unpaired) electrons. The van der Waals surface area contributed by atoms with Crippen LogP contribution in [0.4, 0.5) is 0 Å². The number of aromatic nitrogens is 3. The van der Waals surface area contributed by atoms with Gasteiger partial charge in [-0.05, 0) is 17.7 Å². The Bertz CT molecular complexity index is 1850. The zero-order valence-corrected chi connectivity index (χ0v) is 25.0. The quantitative estimate of drug-likeness (QED) is 0.334. The monoisotopic (exact) mass is 651 g/mol. The van der Waals surface area contributed by atoms with Gasteiger partial charge in [0.25, 0.3) is 0 Å². The van der Waals surface area contributed by atoms with E-state index in [2.05, 4.69) is 0 Å². The number of carbonyl (C=O) groups excluding carboxylic acids is 2. The van der Waals surface area contributed by atoms with Crippen molar-refractivity contribution < 1.29 is 24.2 Å². The number of nitrogens with zero attached hydrogens (tertiary/aromatic N) is 3. The van der Waals surface area contributed by atoms with Gasteiger partial charge in [0, 0.05) is 30.0 Å². The molecule has 1 aromatic heterocycles. The van der Waals surface area contributed by atoms with Gasteiger partial charge in [-0.3, -0.25) is 9.59 Å². The van der Waals surface area contributed by atoms with Gasteiger partial charge in [-0.15, -0.1) is 23.2 Å². The molecule has 3 aromatic rings. The van der Waals surface area contributed by atoms with E-state index < -0.39 is 54.7 Å². The zero-order valence-electron chi connectivity index (χ0n) is 21.9. The fraction of sp³-hybridized carbons (Fsp3) is 0.286. The standard InChI is InChI=1S/C28H21Cl4N3O7/c1-41-17-10-14(36)11-18(42-2)19(17)20-15-8-9-33-25(39)34(13-6-4-3-5-7-13)26(40)35(33)16(15)12-27(31)23(37)21(29)22(30)24(38)28(20,27)32/h3-8,10-11,16,20,36H,9,12H2,1-2H3. The van der Waals surface area contributed by atoms with Gasteiger partial charge in [-0.2, -0.15) is 0 Å². The van der Waals surface area contributed by atoms with Gasteiger partial charge < -0.3 is 14.6 Å². The summed E-state index contributed by atoms with van der Waals surface area (Å²) in [6, 6.07) is 9.88. The second kappa shape index (κ2) is 9.80. The Morgan fingerprint density at radius 3 is 2.10 bits per heavy atom. The third-order valence-corrected chi connectivity index (χ3v) is 10.4. The van der Waals surface area contributed by atoms with Crippen molar-refractivity contribution in [2.45, 2.75) is 34.7 Å². The normalized spacial score (nSPS) is 26.8. The second-order valence-electron chi connectivity index (χ2n) is 10.1. The molecule has 3 aliphatic rings. The summed E-state index contributed by atoms with van der Waals surface area (Å²) in [7, 11) is 2.67. The number of rotatable bonds is 4. The number of phenols is 1. The smallest absolute Gasteiger partial charge is 0.352 e. The lowest BCUT2D eigenvalue weighted by Crippen LogP contribution is -2.67. The van der Waals surface area contributed by atoms with Crippen molar-refractivity contribution in [3.63, 3.8) is 0 Å². The molecule has 14 heteroatoms. The van der Waals surface area contributed by atoms with E-state index in [1.165, 1.54) is 35.7 Å². The van der Waals surface area contributed by atoms with Crippen LogP contribution in [-0.4, -0.2) is 54.6 Å². The van der Waals surface area contributed by atoms with Crippen LogP contribution in [0, 0.1) is 0 Å². The predicted octanol–water partition coefficient (Wildman–Crippen LogP) is 3.99. The Hall–Kier alpha value is -3.44. The molecule has 1 N–H and O–H groups in total. The molecule has 2 aromatic carbocycles. The molecule has 0 bridgehead atoms. The highest BCUT2D eigenvalue weighted by Crippen LogP contribution is 2.65. The average Bonchev–Trinajstić information content (AvgIpc) is 3.25. The highest BCUT2D eigenvalue weighted by Gasteiger charge is 2.72. The van der Waals surface area contributed by atoms with Crippen molar-refractivity contribution in [3.8, 4) is 22.9 Å². The Morgan fingerprint density at radius 2 is 1.50 bits per heavy atom. The minimum atomic E-state index is -2.28. The summed E-state index contributed by atoms with van der Waals surface area (Å²) in [5.74, 6) is -3.22. The lowest BCUT2D eigenvalue weighted by atomic mass is 9.59. The fourth-order valence-electron chi connectivity index (χ4n) is 6.29. The maximum absolute atomic E-state index is 14.0. The topological polar surface area (TPSA) is 122 Å². The summed E-state index contributed by atoms with van der Waals surface area (Å²) in [6.45, 7) is -0.0757. The van der Waals surface area contributed by atoms with Crippen LogP contribution in [0.25, 0.3) is 5.69 Å². The largest absolute Gasteiger partial charge is 0.508 e. The molecule has 218 valence electrons. The van der Waals surface area contributed by atoms with E-state index in [4.69, 9.17) is 55.9 Å². The van der Waals surface area contributed by atoms with Crippen molar-refractivity contribution in [1.82, 2.24) is 13.9 Å². The van der Waals surface area contributed by atoms with Crippen LogP contribution in [0.3, 0.4) is 0 Å². The molecule has 10 nitrogen and oxygen atoms in total. The zero-order chi connectivity index (χ0) is 30.3. The summed E-state index contributed by atoms with van der Waals surface area (Å²) >= 11 is 27.0. The van der Waals surface area contributed by atoms with Crippen molar-refractivity contribution in [3.05, 3.63) is 90.7 Å². The number of allylic oxidation sites excluding steroid dienone is 4. The minimum absolute atomic E-state index is 0.0617. The van der Waals surface area contributed by atoms with Crippen LogP contribution < -0.4 is 20.9 Å². The number of hydrogen-bond donors (Lipinski definition) is 1. The number of alkyl halides is 2. The van der Waals surface area contributed by atoms with Gasteiger partial charge in [-0.1, -0.05) is 47.5 Å². The summed E-state index contributed by atoms with van der Waals surface area (Å²) in [5, 5.41) is 9.17. The molecule has 42 heavy (non-hydrogen) atoms. The second-order valence-corrected chi connectivity index (χ2v) is 12.1. The number of carbonyl (C=O) groups is 2. The summed E-state index contributed by atoms with van der Waals surface area (Å²) in [4.78, 5) is 50.8. The molecule has 1 aliphatic heterocycles. The number of ketones is 2. The van der Waals surface area contributed by atoms with E-state index in [1.807, 2.05) is 0 Å². The van der Waals surface area contributed by atoms with Crippen molar-refractivity contribution >= 4 is 58.0 Å². The third kappa shape index (κ3) is 3.58. The van der Waals surface area contributed by atoms with E-state index in [-0.39, 0.29) is 35.8 Å². The van der Waals surface area contributed by atoms with Crippen LogP contribution in [0.1, 0.15) is 23.9 Å². The molecule has 4 unspecified atom stereocenters. The van der Waals surface area contributed by atoms with E-state index in [1.54, 1.807) is 36.4 Å². The number of ether oxygens (including phenoxy) is 2. The first-order chi connectivity index (χ1) is 19.9. The Morgan fingerprint density at radius 1 is 0.905 bits per heavy atom. The van der Waals surface area contributed by atoms with Crippen LogP contribution in [-0.2, 0) is 16.1 Å². The Balaban J connectivity index is 1.70. The predicted molar refractivity (Wildman–Crippen MR) is 156 cm³/mol. The van der Waals surface area contributed by atoms with Crippen LogP contribution >= 0.6 is 46.4 Å². The van der Waals surface area contributed by atoms with E-state index >= 15 is 0 Å². The number of benzene rings is 2. The molecule has 0 saturated heterocycles. The number of fused-ring (bicyclic) bond motifs is 4. The minimum Gasteiger partial charge on any atom is -0.508 e. The lowest BCUT2D eigenvalue weighted by molar-refractivity contribution is -0.128. The van der Waals surface area contributed by atoms with Gasteiger partial charge in [0.05, 0.1) is 32.5 Å². The number of phenolic OH excluding ortho intramolecular Hbond substituents is 1. The van der Waals surface area contributed by atoms with E-state index in [0.717, 1.165) is 4.57 Å². The highest BCUT2D eigenvalue weighted by molar-refractivity contribution is 6.66. The summed E-state index contributed by atoms with van der Waals surface area (Å²) < 4.78 is 14.6. The molecule has 4 atom stereocenters. The molecule has 2 heterocycles. The van der Waals surface area contributed by atoms with E-state index in [0.29, 0.717) is 11.3 Å². The molecule has 0 amide bonds. The van der Waals surface area contributed by atoms with Crippen LogP contribution in [0.5, 0.6) is 17.2 Å². The van der Waals surface area contributed by atoms with Gasteiger partial charge in [-0.25, -0.2) is 23.5 Å². The van der Waals surface area contributed by atoms with Crippen molar-refractivity contribution in [2.75, 3.05) is 14.2 Å². The Kier molecular flexibility index (Phi) is 6.69. The van der Waals surface area contributed by atoms with E-state index in [9.17, 15) is 24.3 Å².